The Morgan fingerprint density at radius 1 is 1.29 bits per heavy atom. The predicted octanol–water partition coefficient (Wildman–Crippen LogP) is 2.01. The minimum absolute atomic E-state index is 0.0613. The lowest BCUT2D eigenvalue weighted by Gasteiger charge is -2.24. The molecule has 132 valence electrons. The van der Waals surface area contributed by atoms with Crippen LogP contribution in [-0.4, -0.2) is 49.0 Å². The number of rotatable bonds is 6. The Labute approximate surface area is 146 Å². The molecule has 1 unspecified atom stereocenters. The SMILES string of the molecule is CN=C(NCCNC(=O)c1ccccc1F)NCC1(C)CCCS1. The summed E-state index contributed by atoms with van der Waals surface area (Å²) >= 11 is 1.99. The van der Waals surface area contributed by atoms with Gasteiger partial charge in [-0.15, -0.1) is 0 Å². The van der Waals surface area contributed by atoms with E-state index >= 15 is 0 Å². The minimum atomic E-state index is -0.511. The van der Waals surface area contributed by atoms with Crippen LogP contribution in [-0.2, 0) is 0 Å². The highest BCUT2D eigenvalue weighted by atomic mass is 32.2. The molecule has 7 heteroatoms. The van der Waals surface area contributed by atoms with Crippen molar-refractivity contribution >= 4 is 23.6 Å². The summed E-state index contributed by atoms with van der Waals surface area (Å²) in [6, 6.07) is 5.95. The molecule has 1 aromatic rings. The molecule has 0 bridgehead atoms. The summed E-state index contributed by atoms with van der Waals surface area (Å²) in [4.78, 5) is 16.1. The van der Waals surface area contributed by atoms with Gasteiger partial charge in [-0.3, -0.25) is 9.79 Å². The van der Waals surface area contributed by atoms with E-state index in [1.54, 1.807) is 19.2 Å². The molecule has 0 aliphatic carbocycles. The van der Waals surface area contributed by atoms with E-state index in [4.69, 9.17) is 0 Å². The van der Waals surface area contributed by atoms with E-state index in [1.807, 2.05) is 11.8 Å². The summed E-state index contributed by atoms with van der Waals surface area (Å²) in [6.45, 7) is 4.03. The second-order valence-electron chi connectivity index (χ2n) is 5.99. The van der Waals surface area contributed by atoms with Crippen LogP contribution in [0.1, 0.15) is 30.1 Å². The summed E-state index contributed by atoms with van der Waals surface area (Å²) in [7, 11) is 1.72. The molecule has 1 aromatic carbocycles. The summed E-state index contributed by atoms with van der Waals surface area (Å²) in [5, 5.41) is 9.17. The molecule has 1 fully saturated rings. The van der Waals surface area contributed by atoms with E-state index in [-0.39, 0.29) is 10.3 Å². The van der Waals surface area contributed by atoms with Gasteiger partial charge in [-0.25, -0.2) is 4.39 Å². The topological polar surface area (TPSA) is 65.5 Å². The Morgan fingerprint density at radius 3 is 2.71 bits per heavy atom. The molecule has 24 heavy (non-hydrogen) atoms. The van der Waals surface area contributed by atoms with Crippen molar-refractivity contribution in [2.75, 3.05) is 32.4 Å². The molecule has 0 saturated carbocycles. The minimum Gasteiger partial charge on any atom is -0.355 e. The van der Waals surface area contributed by atoms with Gasteiger partial charge in [0.25, 0.3) is 5.91 Å². The molecule has 1 saturated heterocycles. The summed E-state index contributed by atoms with van der Waals surface area (Å²) in [5.41, 5.74) is 0.0613. The Morgan fingerprint density at radius 2 is 2.04 bits per heavy atom. The van der Waals surface area contributed by atoms with Crippen LogP contribution >= 0.6 is 11.8 Å². The Bertz CT molecular complexity index is 588. The van der Waals surface area contributed by atoms with Crippen LogP contribution < -0.4 is 16.0 Å². The fourth-order valence-corrected chi connectivity index (χ4v) is 3.81. The van der Waals surface area contributed by atoms with E-state index in [0.717, 1.165) is 6.54 Å². The first kappa shape index (κ1) is 18.6. The molecule has 0 spiro atoms. The first-order valence-corrected chi connectivity index (χ1v) is 9.14. The van der Waals surface area contributed by atoms with Crippen molar-refractivity contribution < 1.29 is 9.18 Å². The molecule has 1 atom stereocenters. The molecule has 0 aromatic heterocycles. The van der Waals surface area contributed by atoms with Crippen LogP contribution in [0, 0.1) is 5.82 Å². The second kappa shape index (κ2) is 8.92. The average Bonchev–Trinajstić information content (AvgIpc) is 3.01. The first-order valence-electron chi connectivity index (χ1n) is 8.15. The highest BCUT2D eigenvalue weighted by molar-refractivity contribution is 8.00. The third-order valence-corrected chi connectivity index (χ3v) is 5.51. The van der Waals surface area contributed by atoms with Crippen molar-refractivity contribution in [3.05, 3.63) is 35.6 Å². The van der Waals surface area contributed by atoms with Gasteiger partial charge in [-0.2, -0.15) is 11.8 Å². The molecule has 1 heterocycles. The molecule has 1 aliphatic heterocycles. The van der Waals surface area contributed by atoms with E-state index in [0.29, 0.717) is 19.0 Å². The number of amides is 1. The van der Waals surface area contributed by atoms with Crippen molar-refractivity contribution in [3.63, 3.8) is 0 Å². The van der Waals surface area contributed by atoms with Gasteiger partial charge in [-0.1, -0.05) is 12.1 Å². The summed E-state index contributed by atoms with van der Waals surface area (Å²) in [6.07, 6.45) is 2.47. The number of carbonyl (C=O) groups is 1. The summed E-state index contributed by atoms with van der Waals surface area (Å²) in [5.74, 6) is 1.01. The van der Waals surface area contributed by atoms with Gasteiger partial charge >= 0.3 is 0 Å². The van der Waals surface area contributed by atoms with Crippen LogP contribution in [0.15, 0.2) is 29.3 Å². The largest absolute Gasteiger partial charge is 0.355 e. The van der Waals surface area contributed by atoms with Gasteiger partial charge in [0, 0.05) is 31.4 Å². The molecule has 1 amide bonds. The lowest BCUT2D eigenvalue weighted by molar-refractivity contribution is 0.0950. The monoisotopic (exact) mass is 352 g/mol. The van der Waals surface area contributed by atoms with Gasteiger partial charge in [0.05, 0.1) is 5.56 Å². The molecule has 0 radical (unpaired) electrons. The Balaban J connectivity index is 1.68. The molecular formula is C17H25FN4OS. The number of carbonyl (C=O) groups excluding carboxylic acids is 1. The maximum absolute atomic E-state index is 13.5. The maximum atomic E-state index is 13.5. The number of thioether (sulfide) groups is 1. The van der Waals surface area contributed by atoms with E-state index in [9.17, 15) is 9.18 Å². The van der Waals surface area contributed by atoms with Gasteiger partial charge in [-0.05, 0) is 37.7 Å². The number of aliphatic imine (C=N–C) groups is 1. The molecule has 3 N–H and O–H groups in total. The first-order chi connectivity index (χ1) is 11.5. The van der Waals surface area contributed by atoms with E-state index in [2.05, 4.69) is 27.9 Å². The number of benzene rings is 1. The van der Waals surface area contributed by atoms with Crippen molar-refractivity contribution in [1.82, 2.24) is 16.0 Å². The van der Waals surface area contributed by atoms with Gasteiger partial charge in [0.15, 0.2) is 5.96 Å². The lowest BCUT2D eigenvalue weighted by Crippen LogP contribution is -2.45. The highest BCUT2D eigenvalue weighted by Gasteiger charge is 2.29. The van der Waals surface area contributed by atoms with Crippen LogP contribution in [0.25, 0.3) is 0 Å². The third-order valence-electron chi connectivity index (χ3n) is 3.98. The van der Waals surface area contributed by atoms with E-state index < -0.39 is 11.7 Å². The fraction of sp³-hybridized carbons (Fsp3) is 0.529. The zero-order chi connectivity index (χ0) is 17.4. The summed E-state index contributed by atoms with van der Waals surface area (Å²) < 4.78 is 13.8. The zero-order valence-electron chi connectivity index (χ0n) is 14.2. The standard InChI is InChI=1S/C17H25FN4OS/c1-17(8-5-11-24-17)12-22-16(19-2)21-10-9-20-15(23)13-6-3-4-7-14(13)18/h3-4,6-7H,5,8-12H2,1-2H3,(H,20,23)(H2,19,21,22). The number of hydrogen-bond acceptors (Lipinski definition) is 3. The molecule has 1 aliphatic rings. The zero-order valence-corrected chi connectivity index (χ0v) is 15.0. The third kappa shape index (κ3) is 5.40. The molecule has 2 rings (SSSR count). The van der Waals surface area contributed by atoms with Crippen LogP contribution in [0.4, 0.5) is 4.39 Å². The average molecular weight is 352 g/mol. The number of halogens is 1. The molecule has 5 nitrogen and oxygen atoms in total. The normalized spacial score (nSPS) is 20.7. The number of guanidine groups is 1. The lowest BCUT2D eigenvalue weighted by atomic mass is 10.1. The second-order valence-corrected chi connectivity index (χ2v) is 7.67. The van der Waals surface area contributed by atoms with Crippen molar-refractivity contribution in [3.8, 4) is 0 Å². The van der Waals surface area contributed by atoms with Crippen LogP contribution in [0.3, 0.4) is 0 Å². The van der Waals surface area contributed by atoms with Crippen molar-refractivity contribution in [2.24, 2.45) is 4.99 Å². The van der Waals surface area contributed by atoms with Gasteiger partial charge in [0.2, 0.25) is 0 Å². The number of nitrogens with one attached hydrogen (secondary N) is 3. The van der Waals surface area contributed by atoms with Crippen LogP contribution in [0.2, 0.25) is 0 Å². The Hall–Kier alpha value is -1.76. The van der Waals surface area contributed by atoms with Gasteiger partial charge < -0.3 is 16.0 Å². The quantitative estimate of drug-likeness (QED) is 0.416. The fourth-order valence-electron chi connectivity index (χ4n) is 2.57. The Kier molecular flexibility index (Phi) is 6.90. The highest BCUT2D eigenvalue weighted by Crippen LogP contribution is 2.36. The van der Waals surface area contributed by atoms with Gasteiger partial charge in [0.1, 0.15) is 5.82 Å². The number of hydrogen-bond donors (Lipinski definition) is 3. The predicted molar refractivity (Wildman–Crippen MR) is 98.2 cm³/mol. The van der Waals surface area contributed by atoms with Crippen molar-refractivity contribution in [2.45, 2.75) is 24.5 Å². The maximum Gasteiger partial charge on any atom is 0.254 e. The van der Waals surface area contributed by atoms with E-state index in [1.165, 1.54) is 30.7 Å². The van der Waals surface area contributed by atoms with Crippen LogP contribution in [0.5, 0.6) is 0 Å². The smallest absolute Gasteiger partial charge is 0.254 e. The van der Waals surface area contributed by atoms with Crippen molar-refractivity contribution in [1.29, 1.82) is 0 Å². The number of nitrogens with zero attached hydrogens (tertiary/aromatic N) is 1. The molecular weight excluding hydrogens is 327 g/mol.